The number of rotatable bonds is 7. The van der Waals surface area contributed by atoms with Gasteiger partial charge in [0.05, 0.1) is 24.1 Å². The van der Waals surface area contributed by atoms with Gasteiger partial charge >= 0.3 is 0 Å². The summed E-state index contributed by atoms with van der Waals surface area (Å²) in [4.78, 5) is 9.16. The number of fused-ring (bicyclic) bond motifs is 4. The summed E-state index contributed by atoms with van der Waals surface area (Å²) in [6.45, 7) is 10.2. The monoisotopic (exact) mass is 476 g/mol. The number of hydrogen-bond acceptors (Lipinski definition) is 5. The first-order valence-corrected chi connectivity index (χ1v) is 15.6. The normalized spacial score (nSPS) is 19.0. The average molecular weight is 477 g/mol. The van der Waals surface area contributed by atoms with Crippen LogP contribution in [-0.2, 0) is 17.9 Å². The van der Waals surface area contributed by atoms with E-state index in [1.807, 2.05) is 17.8 Å². The van der Waals surface area contributed by atoms with Crippen LogP contribution in [0.3, 0.4) is 0 Å². The van der Waals surface area contributed by atoms with Crippen molar-refractivity contribution in [2.45, 2.75) is 58.2 Å². The van der Waals surface area contributed by atoms with Crippen molar-refractivity contribution in [1.29, 1.82) is 0 Å². The van der Waals surface area contributed by atoms with Crippen LogP contribution in [0, 0.1) is 18.7 Å². The van der Waals surface area contributed by atoms with E-state index in [1.165, 1.54) is 24.4 Å². The van der Waals surface area contributed by atoms with Crippen molar-refractivity contribution in [2.75, 3.05) is 6.61 Å². The van der Waals surface area contributed by atoms with Crippen LogP contribution in [0.25, 0.3) is 33.5 Å². The second-order valence-electron chi connectivity index (χ2n) is 10.8. The minimum Gasteiger partial charge on any atom is -0.359 e. The molecule has 0 N–H and O–H groups in total. The molecule has 4 aromatic rings. The molecule has 7 nitrogen and oxygen atoms in total. The lowest BCUT2D eigenvalue weighted by Crippen LogP contribution is -2.22. The van der Waals surface area contributed by atoms with Crippen molar-refractivity contribution in [1.82, 2.24) is 29.5 Å². The molecule has 34 heavy (non-hydrogen) atoms. The predicted octanol–water partition coefficient (Wildman–Crippen LogP) is 5.23. The summed E-state index contributed by atoms with van der Waals surface area (Å²) in [7, 11) is -1.15. The Kier molecular flexibility index (Phi) is 4.96. The molecule has 1 aliphatic carbocycles. The molecule has 0 aromatic carbocycles. The zero-order chi connectivity index (χ0) is 23.6. The largest absolute Gasteiger partial charge is 0.359 e. The third-order valence-electron chi connectivity index (χ3n) is 6.85. The average Bonchev–Trinajstić information content (AvgIpc) is 3.11. The highest BCUT2D eigenvalue weighted by atomic mass is 28.3. The van der Waals surface area contributed by atoms with E-state index in [1.54, 1.807) is 6.07 Å². The highest BCUT2D eigenvalue weighted by Crippen LogP contribution is 2.55. The fourth-order valence-electron chi connectivity index (χ4n) is 4.92. The summed E-state index contributed by atoms with van der Waals surface area (Å²) in [5.74, 6) is 0.328. The smallest absolute Gasteiger partial charge is 0.161 e. The molecule has 9 heteroatoms. The molecule has 1 fully saturated rings. The van der Waals surface area contributed by atoms with Gasteiger partial charge in [-0.1, -0.05) is 19.6 Å². The molecule has 1 aliphatic heterocycles. The van der Waals surface area contributed by atoms with Crippen LogP contribution >= 0.6 is 0 Å². The van der Waals surface area contributed by atoms with Gasteiger partial charge in [-0.2, -0.15) is 10.2 Å². The van der Waals surface area contributed by atoms with Gasteiger partial charge in [0.25, 0.3) is 0 Å². The van der Waals surface area contributed by atoms with Crippen LogP contribution in [0.1, 0.15) is 23.9 Å². The number of nitrogens with zero attached hydrogens (tertiary/aromatic N) is 6. The van der Waals surface area contributed by atoms with Gasteiger partial charge in [-0.05, 0) is 49.9 Å². The number of pyridine rings is 2. The van der Waals surface area contributed by atoms with Gasteiger partial charge in [-0.3, -0.25) is 9.67 Å². The van der Waals surface area contributed by atoms with Gasteiger partial charge in [0, 0.05) is 42.6 Å². The van der Waals surface area contributed by atoms with Gasteiger partial charge in [-0.25, -0.2) is 14.1 Å². The molecule has 2 atom stereocenters. The van der Waals surface area contributed by atoms with Crippen molar-refractivity contribution in [3.8, 4) is 22.5 Å². The van der Waals surface area contributed by atoms with Crippen molar-refractivity contribution >= 4 is 19.1 Å². The zero-order valence-electron chi connectivity index (χ0n) is 20.0. The maximum absolute atomic E-state index is 13.6. The van der Waals surface area contributed by atoms with Gasteiger partial charge in [0.1, 0.15) is 18.2 Å². The van der Waals surface area contributed by atoms with E-state index in [0.29, 0.717) is 24.4 Å². The Labute approximate surface area is 199 Å². The molecule has 0 unspecified atom stereocenters. The second kappa shape index (κ2) is 7.81. The molecule has 176 valence electrons. The summed E-state index contributed by atoms with van der Waals surface area (Å²) < 4.78 is 23.6. The summed E-state index contributed by atoms with van der Waals surface area (Å²) >= 11 is 0. The number of halogens is 1. The molecule has 1 saturated carbocycles. The maximum Gasteiger partial charge on any atom is 0.161 e. The van der Waals surface area contributed by atoms with Gasteiger partial charge in [-0.15, -0.1) is 0 Å². The van der Waals surface area contributed by atoms with E-state index in [2.05, 4.69) is 40.5 Å². The molecule has 0 bridgehead atoms. The van der Waals surface area contributed by atoms with Crippen LogP contribution in [0.15, 0.2) is 30.6 Å². The first kappa shape index (κ1) is 21.6. The maximum atomic E-state index is 13.6. The molecule has 5 heterocycles. The van der Waals surface area contributed by atoms with Gasteiger partial charge < -0.3 is 4.74 Å². The number of ether oxygens (including phenoxy) is 1. The van der Waals surface area contributed by atoms with Crippen LogP contribution in [0.5, 0.6) is 0 Å². The molecular weight excluding hydrogens is 447 g/mol. The fourth-order valence-corrected chi connectivity index (χ4v) is 5.68. The number of aryl methyl sites for hydroxylation is 1. The second-order valence-corrected chi connectivity index (χ2v) is 16.4. The zero-order valence-corrected chi connectivity index (χ0v) is 21.0. The van der Waals surface area contributed by atoms with E-state index < -0.39 is 8.07 Å². The lowest BCUT2D eigenvalue weighted by atomic mass is 9.97. The van der Waals surface area contributed by atoms with Crippen LogP contribution in [-0.4, -0.2) is 44.2 Å². The molecular formula is C25H29FN6OSi. The summed E-state index contributed by atoms with van der Waals surface area (Å²) in [5.41, 5.74) is 6.55. The molecule has 0 amide bonds. The number of aromatic nitrogens is 6. The molecule has 2 aliphatic rings. The molecule has 0 radical (unpaired) electrons. The first-order valence-electron chi connectivity index (χ1n) is 11.9. The summed E-state index contributed by atoms with van der Waals surface area (Å²) in [6, 6.07) is 6.85. The van der Waals surface area contributed by atoms with Crippen molar-refractivity contribution in [2.24, 2.45) is 5.92 Å². The molecule has 4 aromatic heterocycles. The van der Waals surface area contributed by atoms with E-state index in [-0.39, 0.29) is 5.82 Å². The first-order chi connectivity index (χ1) is 16.3. The molecule has 0 saturated heterocycles. The molecule has 0 spiro atoms. The van der Waals surface area contributed by atoms with E-state index in [4.69, 9.17) is 14.8 Å². The van der Waals surface area contributed by atoms with Crippen LogP contribution < -0.4 is 0 Å². The minimum atomic E-state index is -1.15. The van der Waals surface area contributed by atoms with Gasteiger partial charge in [0.2, 0.25) is 0 Å². The third-order valence-corrected chi connectivity index (χ3v) is 8.56. The van der Waals surface area contributed by atoms with E-state index in [0.717, 1.165) is 52.6 Å². The third kappa shape index (κ3) is 3.76. The highest BCUT2D eigenvalue weighted by Gasteiger charge is 2.48. The highest BCUT2D eigenvalue weighted by molar-refractivity contribution is 6.76. The van der Waals surface area contributed by atoms with Gasteiger partial charge in [0.15, 0.2) is 5.65 Å². The Balaban J connectivity index is 1.43. The Hall–Kier alpha value is -2.91. The Morgan fingerprint density at radius 2 is 2.06 bits per heavy atom. The topological polar surface area (TPSA) is 70.7 Å². The lowest BCUT2D eigenvalue weighted by molar-refractivity contribution is 0.0813. The fraction of sp³-hybridized carbons (Fsp3) is 0.440. The number of hydrogen-bond donors (Lipinski definition) is 0. The quantitative estimate of drug-likeness (QED) is 0.270. The minimum absolute atomic E-state index is 0.350. The Morgan fingerprint density at radius 1 is 1.21 bits per heavy atom. The summed E-state index contributed by atoms with van der Waals surface area (Å²) in [6.07, 6.45) is 5.32. The molecule has 6 rings (SSSR count). The van der Waals surface area contributed by atoms with Crippen LogP contribution in [0.2, 0.25) is 25.7 Å². The van der Waals surface area contributed by atoms with E-state index >= 15 is 0 Å². The standard InChI is InChI=1S/C25H29FN6OSi/c1-15-9-18(19-13-28-31(25(19)29-15)14-33-7-8-34(2,3)4)23-22-11-16-10-21(16)32(22)30-24(23)20-6-5-17(26)12-27-20/h5-6,9,12-13,16,21H,7-8,10-11,14H2,1-4H3/t16-,21-/m1/s1. The Morgan fingerprint density at radius 3 is 2.82 bits per heavy atom. The van der Waals surface area contributed by atoms with Crippen LogP contribution in [0.4, 0.5) is 4.39 Å². The van der Waals surface area contributed by atoms with E-state index in [9.17, 15) is 4.39 Å². The Bertz CT molecular complexity index is 1390. The predicted molar refractivity (Wildman–Crippen MR) is 132 cm³/mol. The summed E-state index contributed by atoms with van der Waals surface area (Å²) in [5, 5.41) is 10.6. The van der Waals surface area contributed by atoms with Crippen molar-refractivity contribution in [3.63, 3.8) is 0 Å². The van der Waals surface area contributed by atoms with Crippen molar-refractivity contribution in [3.05, 3.63) is 47.8 Å². The SMILES string of the molecule is Cc1cc(-c2c(-c3ccc(F)cn3)nn3c2C[C@H]2C[C@H]23)c2cnn(COCC[Si](C)(C)C)c2n1. The lowest BCUT2D eigenvalue weighted by Gasteiger charge is -2.15. The van der Waals surface area contributed by atoms with Crippen molar-refractivity contribution < 1.29 is 9.13 Å².